The van der Waals surface area contributed by atoms with Crippen molar-refractivity contribution in [3.05, 3.63) is 39.4 Å². The zero-order valence-corrected chi connectivity index (χ0v) is 9.12. The highest BCUT2D eigenvalue weighted by atomic mass is 16.6. The molecule has 0 atom stereocenters. The second-order valence-electron chi connectivity index (χ2n) is 3.55. The van der Waals surface area contributed by atoms with Crippen LogP contribution >= 0.6 is 0 Å². The molecule has 0 saturated heterocycles. The molecule has 0 spiro atoms. The second-order valence-corrected chi connectivity index (χ2v) is 3.55. The van der Waals surface area contributed by atoms with Crippen LogP contribution in [0.4, 0.5) is 5.69 Å². The van der Waals surface area contributed by atoms with Crippen LogP contribution in [0.1, 0.15) is 24.5 Å². The Morgan fingerprint density at radius 3 is 2.80 bits per heavy atom. The molecule has 4 heteroatoms. The van der Waals surface area contributed by atoms with E-state index in [9.17, 15) is 10.1 Å². The molecule has 0 fully saturated rings. The molecule has 0 heterocycles. The quantitative estimate of drug-likeness (QED) is 0.459. The summed E-state index contributed by atoms with van der Waals surface area (Å²) in [6.07, 6.45) is 1.06. The van der Waals surface area contributed by atoms with Crippen molar-refractivity contribution < 1.29 is 4.92 Å². The van der Waals surface area contributed by atoms with E-state index in [0.717, 1.165) is 18.5 Å². The zero-order chi connectivity index (χ0) is 11.3. The Labute approximate surface area is 89.5 Å². The fraction of sp³-hybridized carbons (Fsp3) is 0.455. The zero-order valence-electron chi connectivity index (χ0n) is 9.12. The van der Waals surface area contributed by atoms with Crippen LogP contribution in [0.3, 0.4) is 0 Å². The Balaban J connectivity index is 2.74. The van der Waals surface area contributed by atoms with E-state index >= 15 is 0 Å². The van der Waals surface area contributed by atoms with Crippen LogP contribution < -0.4 is 5.32 Å². The summed E-state index contributed by atoms with van der Waals surface area (Å²) in [7, 11) is 0. The molecule has 15 heavy (non-hydrogen) atoms. The fourth-order valence-corrected chi connectivity index (χ4v) is 1.37. The summed E-state index contributed by atoms with van der Waals surface area (Å²) in [4.78, 5) is 10.4. The van der Waals surface area contributed by atoms with Gasteiger partial charge >= 0.3 is 0 Å². The summed E-state index contributed by atoms with van der Waals surface area (Å²) in [5.41, 5.74) is 1.87. The number of aryl methyl sites for hydroxylation is 1. The highest BCUT2D eigenvalue weighted by Crippen LogP contribution is 2.18. The van der Waals surface area contributed by atoms with Gasteiger partial charge in [-0.15, -0.1) is 0 Å². The van der Waals surface area contributed by atoms with Crippen molar-refractivity contribution in [2.75, 3.05) is 6.54 Å². The molecular weight excluding hydrogens is 192 g/mol. The normalized spacial score (nSPS) is 10.3. The number of rotatable bonds is 5. The Morgan fingerprint density at radius 2 is 2.20 bits per heavy atom. The van der Waals surface area contributed by atoms with Gasteiger partial charge in [0.25, 0.3) is 5.69 Å². The summed E-state index contributed by atoms with van der Waals surface area (Å²) in [5, 5.41) is 13.9. The van der Waals surface area contributed by atoms with E-state index in [-0.39, 0.29) is 10.6 Å². The number of benzene rings is 1. The molecule has 0 radical (unpaired) electrons. The van der Waals surface area contributed by atoms with Crippen LogP contribution in [0.15, 0.2) is 18.2 Å². The number of nitro benzene ring substituents is 1. The standard InChI is InChI=1S/C11H16N2O2/c1-3-6-12-8-10-5-4-9(2)11(7-10)13(14)15/h4-5,7,12H,3,6,8H2,1-2H3. The molecule has 0 unspecified atom stereocenters. The summed E-state index contributed by atoms with van der Waals surface area (Å²) in [6, 6.07) is 5.35. The van der Waals surface area contributed by atoms with E-state index in [1.165, 1.54) is 0 Å². The Hall–Kier alpha value is -1.42. The molecule has 1 aromatic carbocycles. The van der Waals surface area contributed by atoms with Crippen molar-refractivity contribution in [2.45, 2.75) is 26.8 Å². The summed E-state index contributed by atoms with van der Waals surface area (Å²) in [5.74, 6) is 0. The number of nitro groups is 1. The van der Waals surface area contributed by atoms with Crippen LogP contribution in [-0.4, -0.2) is 11.5 Å². The first-order valence-corrected chi connectivity index (χ1v) is 5.09. The van der Waals surface area contributed by atoms with Gasteiger partial charge in [0.15, 0.2) is 0 Å². The SMILES string of the molecule is CCCNCc1ccc(C)c([N+](=O)[O-])c1. The van der Waals surface area contributed by atoms with Crippen molar-refractivity contribution in [1.82, 2.24) is 5.32 Å². The lowest BCUT2D eigenvalue weighted by molar-refractivity contribution is -0.385. The van der Waals surface area contributed by atoms with Crippen molar-refractivity contribution >= 4 is 5.69 Å². The summed E-state index contributed by atoms with van der Waals surface area (Å²) < 4.78 is 0. The fourth-order valence-electron chi connectivity index (χ4n) is 1.37. The Bertz CT molecular complexity index is 350. The molecular formula is C11H16N2O2. The smallest absolute Gasteiger partial charge is 0.272 e. The van der Waals surface area contributed by atoms with Gasteiger partial charge in [0, 0.05) is 18.2 Å². The third-order valence-corrected chi connectivity index (χ3v) is 2.23. The van der Waals surface area contributed by atoms with Crippen molar-refractivity contribution in [3.63, 3.8) is 0 Å². The molecule has 0 aliphatic carbocycles. The van der Waals surface area contributed by atoms with E-state index in [1.54, 1.807) is 19.1 Å². The molecule has 0 aliphatic heterocycles. The first-order chi connectivity index (χ1) is 7.15. The molecule has 1 rings (SSSR count). The predicted molar refractivity (Wildman–Crippen MR) is 59.8 cm³/mol. The van der Waals surface area contributed by atoms with Crippen molar-refractivity contribution in [3.8, 4) is 0 Å². The van der Waals surface area contributed by atoms with Crippen LogP contribution in [-0.2, 0) is 6.54 Å². The lowest BCUT2D eigenvalue weighted by Crippen LogP contribution is -2.13. The van der Waals surface area contributed by atoms with Crippen LogP contribution in [0.2, 0.25) is 0 Å². The van der Waals surface area contributed by atoms with Gasteiger partial charge in [-0.05, 0) is 25.5 Å². The maximum absolute atomic E-state index is 10.7. The second kappa shape index (κ2) is 5.46. The molecule has 4 nitrogen and oxygen atoms in total. The minimum atomic E-state index is -0.335. The van der Waals surface area contributed by atoms with Gasteiger partial charge in [0.1, 0.15) is 0 Å². The van der Waals surface area contributed by atoms with Crippen LogP contribution in [0.5, 0.6) is 0 Å². The highest BCUT2D eigenvalue weighted by Gasteiger charge is 2.10. The monoisotopic (exact) mass is 208 g/mol. The minimum absolute atomic E-state index is 0.200. The largest absolute Gasteiger partial charge is 0.313 e. The van der Waals surface area contributed by atoms with Gasteiger partial charge in [0.05, 0.1) is 4.92 Å². The lowest BCUT2D eigenvalue weighted by atomic mass is 10.1. The molecule has 0 aromatic heterocycles. The lowest BCUT2D eigenvalue weighted by Gasteiger charge is -2.04. The first-order valence-electron chi connectivity index (χ1n) is 5.09. The molecule has 0 bridgehead atoms. The van der Waals surface area contributed by atoms with E-state index in [2.05, 4.69) is 12.2 Å². The highest BCUT2D eigenvalue weighted by molar-refractivity contribution is 5.42. The maximum Gasteiger partial charge on any atom is 0.272 e. The average molecular weight is 208 g/mol. The minimum Gasteiger partial charge on any atom is -0.313 e. The average Bonchev–Trinajstić information content (AvgIpc) is 2.20. The van der Waals surface area contributed by atoms with E-state index in [4.69, 9.17) is 0 Å². The van der Waals surface area contributed by atoms with Gasteiger partial charge < -0.3 is 5.32 Å². The Kier molecular flexibility index (Phi) is 4.24. The third-order valence-electron chi connectivity index (χ3n) is 2.23. The Morgan fingerprint density at radius 1 is 1.47 bits per heavy atom. The van der Waals surface area contributed by atoms with Crippen molar-refractivity contribution in [1.29, 1.82) is 0 Å². The summed E-state index contributed by atoms with van der Waals surface area (Å²) >= 11 is 0. The first kappa shape index (κ1) is 11.7. The van der Waals surface area contributed by atoms with Gasteiger partial charge in [-0.2, -0.15) is 0 Å². The van der Waals surface area contributed by atoms with E-state index in [1.807, 2.05) is 6.07 Å². The van der Waals surface area contributed by atoms with Gasteiger partial charge in [0.2, 0.25) is 0 Å². The number of hydrogen-bond acceptors (Lipinski definition) is 3. The molecule has 0 aliphatic rings. The van der Waals surface area contributed by atoms with Gasteiger partial charge in [-0.1, -0.05) is 19.1 Å². The topological polar surface area (TPSA) is 55.2 Å². The number of hydrogen-bond donors (Lipinski definition) is 1. The summed E-state index contributed by atoms with van der Waals surface area (Å²) in [6.45, 7) is 5.46. The molecule has 0 amide bonds. The van der Waals surface area contributed by atoms with Crippen LogP contribution in [0.25, 0.3) is 0 Å². The molecule has 82 valence electrons. The van der Waals surface area contributed by atoms with Crippen molar-refractivity contribution in [2.24, 2.45) is 0 Å². The number of nitrogens with one attached hydrogen (secondary N) is 1. The maximum atomic E-state index is 10.7. The van der Waals surface area contributed by atoms with Gasteiger partial charge in [-0.25, -0.2) is 0 Å². The van der Waals surface area contributed by atoms with Crippen LogP contribution in [0, 0.1) is 17.0 Å². The van der Waals surface area contributed by atoms with E-state index in [0.29, 0.717) is 12.1 Å². The number of nitrogens with zero attached hydrogens (tertiary/aromatic N) is 1. The predicted octanol–water partition coefficient (Wildman–Crippen LogP) is 2.40. The third kappa shape index (κ3) is 3.32. The molecule has 1 aromatic rings. The van der Waals surface area contributed by atoms with Gasteiger partial charge in [-0.3, -0.25) is 10.1 Å². The van der Waals surface area contributed by atoms with E-state index < -0.39 is 0 Å². The molecule has 1 N–H and O–H groups in total. The molecule has 0 saturated carbocycles.